The van der Waals surface area contributed by atoms with E-state index in [4.69, 9.17) is 0 Å². The predicted octanol–water partition coefficient (Wildman–Crippen LogP) is 2.29. The van der Waals surface area contributed by atoms with Gasteiger partial charge in [-0.05, 0) is 25.2 Å². The zero-order chi connectivity index (χ0) is 10.4. The number of likely N-dealkylation sites (N-methyl/N-ethyl adjacent to an activating group) is 1. The third kappa shape index (κ3) is 1.48. The number of aromatic nitrogens is 2. The standard InChI is InChI=1S/C11H12BrN3/c1-14-5-9(6-14)15-7-13-10-3-2-8(12)4-11(10)15/h2-4,7,9H,5-6H2,1H3. The normalized spacial score (nSPS) is 18.3. The van der Waals surface area contributed by atoms with Crippen LogP contribution in [-0.4, -0.2) is 34.6 Å². The molecular formula is C11H12BrN3. The van der Waals surface area contributed by atoms with Crippen LogP contribution in [0, 0.1) is 0 Å². The van der Waals surface area contributed by atoms with E-state index in [1.807, 2.05) is 12.4 Å². The zero-order valence-corrected chi connectivity index (χ0v) is 10.1. The number of likely N-dealkylation sites (tertiary alicyclic amines) is 1. The molecule has 0 spiro atoms. The molecule has 0 saturated carbocycles. The SMILES string of the molecule is CN1CC(n2cnc3ccc(Br)cc32)C1. The van der Waals surface area contributed by atoms with E-state index in [1.165, 1.54) is 5.52 Å². The van der Waals surface area contributed by atoms with Gasteiger partial charge in [-0.2, -0.15) is 0 Å². The van der Waals surface area contributed by atoms with E-state index >= 15 is 0 Å². The highest BCUT2D eigenvalue weighted by atomic mass is 79.9. The predicted molar refractivity (Wildman–Crippen MR) is 64.0 cm³/mol. The molecule has 1 aliphatic rings. The molecule has 1 aromatic heterocycles. The Morgan fingerprint density at radius 1 is 1.40 bits per heavy atom. The molecule has 0 amide bonds. The van der Waals surface area contributed by atoms with Gasteiger partial charge in [0.25, 0.3) is 0 Å². The molecule has 0 aliphatic carbocycles. The Balaban J connectivity index is 2.07. The van der Waals surface area contributed by atoms with Crippen molar-refractivity contribution >= 4 is 27.0 Å². The lowest BCUT2D eigenvalue weighted by Gasteiger charge is -2.37. The van der Waals surface area contributed by atoms with Gasteiger partial charge in [0.15, 0.2) is 0 Å². The fourth-order valence-electron chi connectivity index (χ4n) is 2.13. The largest absolute Gasteiger partial charge is 0.325 e. The van der Waals surface area contributed by atoms with Crippen molar-refractivity contribution in [3.05, 3.63) is 29.0 Å². The smallest absolute Gasteiger partial charge is 0.0961 e. The highest BCUT2D eigenvalue weighted by Gasteiger charge is 2.25. The molecule has 1 aliphatic heterocycles. The van der Waals surface area contributed by atoms with Crippen molar-refractivity contribution in [3.63, 3.8) is 0 Å². The van der Waals surface area contributed by atoms with Crippen molar-refractivity contribution < 1.29 is 0 Å². The number of fused-ring (bicyclic) bond motifs is 1. The first kappa shape index (κ1) is 9.36. The lowest BCUT2D eigenvalue weighted by atomic mass is 10.1. The van der Waals surface area contributed by atoms with Gasteiger partial charge in [-0.15, -0.1) is 0 Å². The molecular weight excluding hydrogens is 254 g/mol. The second kappa shape index (κ2) is 3.32. The van der Waals surface area contributed by atoms with Crippen LogP contribution in [0.5, 0.6) is 0 Å². The molecule has 0 bridgehead atoms. The Morgan fingerprint density at radius 3 is 2.93 bits per heavy atom. The van der Waals surface area contributed by atoms with Gasteiger partial charge in [0.05, 0.1) is 23.4 Å². The van der Waals surface area contributed by atoms with E-state index in [9.17, 15) is 0 Å². The minimum Gasteiger partial charge on any atom is -0.325 e. The fourth-order valence-corrected chi connectivity index (χ4v) is 2.48. The Hall–Kier alpha value is -0.870. The Bertz CT molecular complexity index is 500. The number of hydrogen-bond donors (Lipinski definition) is 0. The van der Waals surface area contributed by atoms with Gasteiger partial charge in [0.1, 0.15) is 0 Å². The summed E-state index contributed by atoms with van der Waals surface area (Å²) in [7, 11) is 2.14. The molecule has 3 nitrogen and oxygen atoms in total. The summed E-state index contributed by atoms with van der Waals surface area (Å²) in [6.07, 6.45) is 1.95. The molecule has 3 rings (SSSR count). The first-order valence-electron chi connectivity index (χ1n) is 5.04. The lowest BCUT2D eigenvalue weighted by molar-refractivity contribution is 0.143. The van der Waals surface area contributed by atoms with Crippen LogP contribution < -0.4 is 0 Å². The molecule has 1 aromatic carbocycles. The van der Waals surface area contributed by atoms with Crippen LogP contribution in [0.1, 0.15) is 6.04 Å². The van der Waals surface area contributed by atoms with E-state index in [0.29, 0.717) is 6.04 Å². The van der Waals surface area contributed by atoms with Gasteiger partial charge in [-0.25, -0.2) is 4.98 Å². The maximum Gasteiger partial charge on any atom is 0.0961 e. The molecule has 1 fully saturated rings. The quantitative estimate of drug-likeness (QED) is 0.789. The fraction of sp³-hybridized carbons (Fsp3) is 0.364. The molecule has 0 N–H and O–H groups in total. The van der Waals surface area contributed by atoms with Gasteiger partial charge in [0.2, 0.25) is 0 Å². The Kier molecular flexibility index (Phi) is 2.07. The highest BCUT2D eigenvalue weighted by molar-refractivity contribution is 9.10. The monoisotopic (exact) mass is 265 g/mol. The van der Waals surface area contributed by atoms with E-state index in [-0.39, 0.29) is 0 Å². The Labute approximate surface area is 96.8 Å². The van der Waals surface area contributed by atoms with Crippen molar-refractivity contribution in [3.8, 4) is 0 Å². The van der Waals surface area contributed by atoms with Gasteiger partial charge < -0.3 is 9.47 Å². The molecule has 0 unspecified atom stereocenters. The summed E-state index contributed by atoms with van der Waals surface area (Å²) in [5.74, 6) is 0. The molecule has 78 valence electrons. The molecule has 15 heavy (non-hydrogen) atoms. The van der Waals surface area contributed by atoms with Crippen molar-refractivity contribution in [2.45, 2.75) is 6.04 Å². The first-order chi connectivity index (χ1) is 7.24. The molecule has 0 atom stereocenters. The Morgan fingerprint density at radius 2 is 2.20 bits per heavy atom. The number of hydrogen-bond acceptors (Lipinski definition) is 2. The average molecular weight is 266 g/mol. The number of halogens is 1. The number of benzene rings is 1. The zero-order valence-electron chi connectivity index (χ0n) is 8.52. The van der Waals surface area contributed by atoms with Crippen molar-refractivity contribution in [2.75, 3.05) is 20.1 Å². The number of nitrogens with zero attached hydrogens (tertiary/aromatic N) is 3. The summed E-state index contributed by atoms with van der Waals surface area (Å²) < 4.78 is 3.39. The maximum atomic E-state index is 4.41. The van der Waals surface area contributed by atoms with Crippen molar-refractivity contribution in [1.82, 2.24) is 14.5 Å². The van der Waals surface area contributed by atoms with Gasteiger partial charge in [-0.3, -0.25) is 0 Å². The van der Waals surface area contributed by atoms with Crippen molar-refractivity contribution in [2.24, 2.45) is 0 Å². The van der Waals surface area contributed by atoms with Crippen LogP contribution in [0.15, 0.2) is 29.0 Å². The first-order valence-corrected chi connectivity index (χ1v) is 5.84. The van der Waals surface area contributed by atoms with Gasteiger partial charge in [-0.1, -0.05) is 15.9 Å². The van der Waals surface area contributed by atoms with Gasteiger partial charge in [0, 0.05) is 17.6 Å². The lowest BCUT2D eigenvalue weighted by Crippen LogP contribution is -2.44. The van der Waals surface area contributed by atoms with E-state index in [0.717, 1.165) is 23.1 Å². The second-order valence-electron chi connectivity index (χ2n) is 4.16. The van der Waals surface area contributed by atoms with Crippen LogP contribution >= 0.6 is 15.9 Å². The van der Waals surface area contributed by atoms with E-state index in [2.05, 4.69) is 49.6 Å². The average Bonchev–Trinajstić information content (AvgIpc) is 2.56. The highest BCUT2D eigenvalue weighted by Crippen LogP contribution is 2.26. The van der Waals surface area contributed by atoms with Crippen LogP contribution in [0.4, 0.5) is 0 Å². The topological polar surface area (TPSA) is 21.1 Å². The van der Waals surface area contributed by atoms with E-state index < -0.39 is 0 Å². The molecule has 0 radical (unpaired) electrons. The van der Waals surface area contributed by atoms with Crippen LogP contribution in [0.2, 0.25) is 0 Å². The third-order valence-corrected chi connectivity index (χ3v) is 3.47. The third-order valence-electron chi connectivity index (χ3n) is 2.98. The number of imidazole rings is 1. The van der Waals surface area contributed by atoms with Gasteiger partial charge >= 0.3 is 0 Å². The van der Waals surface area contributed by atoms with Crippen molar-refractivity contribution in [1.29, 1.82) is 0 Å². The van der Waals surface area contributed by atoms with E-state index in [1.54, 1.807) is 0 Å². The summed E-state index contributed by atoms with van der Waals surface area (Å²) in [6, 6.07) is 6.82. The minimum absolute atomic E-state index is 0.592. The van der Waals surface area contributed by atoms with Crippen LogP contribution in [0.25, 0.3) is 11.0 Å². The molecule has 2 aromatic rings. The molecule has 1 saturated heterocycles. The maximum absolute atomic E-state index is 4.41. The number of rotatable bonds is 1. The summed E-state index contributed by atoms with van der Waals surface area (Å²) in [6.45, 7) is 2.25. The summed E-state index contributed by atoms with van der Waals surface area (Å²) in [5, 5.41) is 0. The van der Waals surface area contributed by atoms with Crippen LogP contribution in [0.3, 0.4) is 0 Å². The molecule has 4 heteroatoms. The minimum atomic E-state index is 0.592. The molecule has 2 heterocycles. The van der Waals surface area contributed by atoms with Crippen LogP contribution in [-0.2, 0) is 0 Å². The summed E-state index contributed by atoms with van der Waals surface area (Å²) in [4.78, 5) is 6.73. The second-order valence-corrected chi connectivity index (χ2v) is 5.08. The summed E-state index contributed by atoms with van der Waals surface area (Å²) >= 11 is 3.50. The summed E-state index contributed by atoms with van der Waals surface area (Å²) in [5.41, 5.74) is 2.30.